The fourth-order valence-electron chi connectivity index (χ4n) is 1.42. The van der Waals surface area contributed by atoms with Crippen LogP contribution in [0.1, 0.15) is 18.0 Å². The van der Waals surface area contributed by atoms with Gasteiger partial charge in [0.15, 0.2) is 0 Å². The Bertz CT molecular complexity index is 356. The van der Waals surface area contributed by atoms with E-state index in [4.69, 9.17) is 0 Å². The van der Waals surface area contributed by atoms with Gasteiger partial charge in [0.2, 0.25) is 5.95 Å². The van der Waals surface area contributed by atoms with Crippen LogP contribution in [0.25, 0.3) is 0 Å². The summed E-state index contributed by atoms with van der Waals surface area (Å²) >= 11 is 0. The average Bonchev–Trinajstić information content (AvgIpc) is 2.18. The van der Waals surface area contributed by atoms with Crippen LogP contribution in [-0.2, 0) is 4.74 Å². The number of hydrogen-bond donors (Lipinski definition) is 1. The maximum atomic E-state index is 13.2. The van der Waals surface area contributed by atoms with E-state index in [2.05, 4.69) is 15.0 Å². The Hall–Kier alpha value is -1.65. The van der Waals surface area contributed by atoms with E-state index >= 15 is 0 Å². The van der Waals surface area contributed by atoms with Crippen molar-refractivity contribution in [3.05, 3.63) is 29.8 Å². The quantitative estimate of drug-likeness (QED) is 0.690. The van der Waals surface area contributed by atoms with E-state index in [9.17, 15) is 9.18 Å². The lowest BCUT2D eigenvalue weighted by molar-refractivity contribution is 0.115. The Kier molecular flexibility index (Phi) is 2.30. The topological polar surface area (TPSA) is 51.2 Å². The molecule has 4 nitrogen and oxygen atoms in total. The normalized spacial score (nSPS) is 21.2. The van der Waals surface area contributed by atoms with Crippen molar-refractivity contribution in [2.24, 2.45) is 0 Å². The van der Waals surface area contributed by atoms with Crippen LogP contribution in [0.2, 0.25) is 0 Å². The third kappa shape index (κ3) is 1.66. The molecular formula is C9H9FN2O2. The van der Waals surface area contributed by atoms with Crippen LogP contribution in [0.3, 0.4) is 0 Å². The molecular weight excluding hydrogens is 187 g/mol. The molecule has 1 aliphatic rings. The Morgan fingerprint density at radius 2 is 2.50 bits per heavy atom. The number of halogens is 1. The predicted molar refractivity (Wildman–Crippen MR) is 46.0 cm³/mol. The largest absolute Gasteiger partial charge is 0.449 e. The number of ether oxygens (including phenoxy) is 1. The van der Waals surface area contributed by atoms with Gasteiger partial charge in [-0.1, -0.05) is 6.07 Å². The van der Waals surface area contributed by atoms with Crippen molar-refractivity contribution >= 4 is 6.09 Å². The Balaban J connectivity index is 2.22. The van der Waals surface area contributed by atoms with Gasteiger partial charge in [-0.3, -0.25) is 0 Å². The van der Waals surface area contributed by atoms with E-state index in [1.165, 1.54) is 6.20 Å². The fraction of sp³-hybridized carbons (Fsp3) is 0.333. The molecule has 0 bridgehead atoms. The van der Waals surface area contributed by atoms with Crippen molar-refractivity contribution < 1.29 is 13.9 Å². The second-order valence-corrected chi connectivity index (χ2v) is 3.00. The summed E-state index contributed by atoms with van der Waals surface area (Å²) in [6.07, 6.45) is 1.43. The summed E-state index contributed by atoms with van der Waals surface area (Å²) in [6, 6.07) is 2.92. The van der Waals surface area contributed by atoms with Gasteiger partial charge in [-0.2, -0.15) is 4.39 Å². The number of carbonyl (C=O) groups is 1. The summed E-state index contributed by atoms with van der Waals surface area (Å²) in [7, 11) is 0. The van der Waals surface area contributed by atoms with E-state index in [0.29, 0.717) is 18.6 Å². The first-order valence-electron chi connectivity index (χ1n) is 4.31. The lowest BCUT2D eigenvalue weighted by Gasteiger charge is -2.23. The number of carbonyl (C=O) groups excluding carboxylic acids is 1. The summed E-state index contributed by atoms with van der Waals surface area (Å²) in [5.74, 6) is -0.542. The van der Waals surface area contributed by atoms with E-state index in [0.717, 1.165) is 0 Å². The first kappa shape index (κ1) is 8.93. The smallest absolute Gasteiger partial charge is 0.407 e. The maximum absolute atomic E-state index is 13.2. The highest BCUT2D eigenvalue weighted by Crippen LogP contribution is 2.21. The number of nitrogens with one attached hydrogen (secondary N) is 1. The molecule has 0 aromatic carbocycles. The molecule has 1 aromatic heterocycles. The van der Waals surface area contributed by atoms with Crippen molar-refractivity contribution in [1.82, 2.24) is 10.3 Å². The van der Waals surface area contributed by atoms with Crippen molar-refractivity contribution in [1.29, 1.82) is 0 Å². The second-order valence-electron chi connectivity index (χ2n) is 3.00. The van der Waals surface area contributed by atoms with Gasteiger partial charge in [0.05, 0.1) is 12.6 Å². The van der Waals surface area contributed by atoms with E-state index in [1.807, 2.05) is 0 Å². The van der Waals surface area contributed by atoms with Crippen molar-refractivity contribution in [2.45, 2.75) is 12.5 Å². The number of hydrogen-bond acceptors (Lipinski definition) is 3. The van der Waals surface area contributed by atoms with Gasteiger partial charge in [0.1, 0.15) is 0 Å². The first-order chi connectivity index (χ1) is 6.77. The lowest BCUT2D eigenvalue weighted by atomic mass is 10.1. The number of cyclic esters (lactones) is 1. The Morgan fingerprint density at radius 1 is 1.64 bits per heavy atom. The minimum absolute atomic E-state index is 0.310. The van der Waals surface area contributed by atoms with Gasteiger partial charge in [0.25, 0.3) is 0 Å². The molecule has 74 valence electrons. The zero-order valence-electron chi connectivity index (χ0n) is 7.37. The zero-order valence-corrected chi connectivity index (χ0v) is 7.37. The summed E-state index contributed by atoms with van der Waals surface area (Å²) in [6.45, 7) is 0.310. The standard InChI is InChI=1S/C9H9FN2O2/c10-8-6(2-1-4-11-8)7-3-5-14-9(13)12-7/h1-2,4,7H,3,5H2,(H,12,13). The predicted octanol–water partition coefficient (Wildman–Crippen LogP) is 1.39. The molecule has 0 radical (unpaired) electrons. The van der Waals surface area contributed by atoms with Gasteiger partial charge < -0.3 is 10.1 Å². The summed E-state index contributed by atoms with van der Waals surface area (Å²) in [4.78, 5) is 14.4. The first-order valence-corrected chi connectivity index (χ1v) is 4.31. The number of amides is 1. The number of aromatic nitrogens is 1. The molecule has 1 aromatic rings. The van der Waals surface area contributed by atoms with Gasteiger partial charge in [0, 0.05) is 18.2 Å². The minimum atomic E-state index is -0.542. The van der Waals surface area contributed by atoms with E-state index < -0.39 is 12.0 Å². The summed E-state index contributed by atoms with van der Waals surface area (Å²) < 4.78 is 17.9. The molecule has 2 heterocycles. The van der Waals surface area contributed by atoms with Crippen molar-refractivity contribution in [2.75, 3.05) is 6.61 Å². The average molecular weight is 196 g/mol. The fourth-order valence-corrected chi connectivity index (χ4v) is 1.42. The van der Waals surface area contributed by atoms with Crippen LogP contribution in [0.4, 0.5) is 9.18 Å². The van der Waals surface area contributed by atoms with Crippen LogP contribution >= 0.6 is 0 Å². The van der Waals surface area contributed by atoms with Gasteiger partial charge >= 0.3 is 6.09 Å². The molecule has 1 saturated heterocycles. The number of nitrogens with zero attached hydrogens (tertiary/aromatic N) is 1. The van der Waals surface area contributed by atoms with Crippen LogP contribution in [0.15, 0.2) is 18.3 Å². The number of alkyl carbamates (subject to hydrolysis) is 1. The van der Waals surface area contributed by atoms with E-state index in [1.54, 1.807) is 12.1 Å². The van der Waals surface area contributed by atoms with Crippen molar-refractivity contribution in [3.63, 3.8) is 0 Å². The van der Waals surface area contributed by atoms with Crippen LogP contribution in [0, 0.1) is 5.95 Å². The summed E-state index contributed by atoms with van der Waals surface area (Å²) in [5, 5.41) is 2.53. The monoisotopic (exact) mass is 196 g/mol. The molecule has 1 aliphatic heterocycles. The molecule has 1 N–H and O–H groups in total. The number of pyridine rings is 1. The Labute approximate surface area is 80.1 Å². The third-order valence-corrected chi connectivity index (χ3v) is 2.10. The molecule has 14 heavy (non-hydrogen) atoms. The SMILES string of the molecule is O=C1NC(c2cccnc2F)CCO1. The van der Waals surface area contributed by atoms with Gasteiger partial charge in [-0.05, 0) is 6.07 Å². The number of rotatable bonds is 1. The van der Waals surface area contributed by atoms with Crippen molar-refractivity contribution in [3.8, 4) is 0 Å². The maximum Gasteiger partial charge on any atom is 0.407 e. The Morgan fingerprint density at radius 3 is 3.21 bits per heavy atom. The highest BCUT2D eigenvalue weighted by molar-refractivity contribution is 5.68. The van der Waals surface area contributed by atoms with E-state index in [-0.39, 0.29) is 6.04 Å². The molecule has 0 saturated carbocycles. The molecule has 1 atom stereocenters. The molecule has 2 rings (SSSR count). The lowest BCUT2D eigenvalue weighted by Crippen LogP contribution is -2.35. The third-order valence-electron chi connectivity index (χ3n) is 2.10. The van der Waals surface area contributed by atoms with Crippen LogP contribution < -0.4 is 5.32 Å². The van der Waals surface area contributed by atoms with Gasteiger partial charge in [-0.15, -0.1) is 0 Å². The zero-order chi connectivity index (χ0) is 9.97. The minimum Gasteiger partial charge on any atom is -0.449 e. The molecule has 1 unspecified atom stereocenters. The molecule has 0 spiro atoms. The van der Waals surface area contributed by atoms with Gasteiger partial charge in [-0.25, -0.2) is 9.78 Å². The summed E-state index contributed by atoms with van der Waals surface area (Å²) in [5.41, 5.74) is 0.407. The molecule has 1 amide bonds. The molecule has 1 fully saturated rings. The highest BCUT2D eigenvalue weighted by Gasteiger charge is 2.23. The highest BCUT2D eigenvalue weighted by atomic mass is 19.1. The van der Waals surface area contributed by atoms with Crippen LogP contribution in [-0.4, -0.2) is 17.7 Å². The molecule has 0 aliphatic carbocycles. The molecule has 5 heteroatoms. The van der Waals surface area contributed by atoms with Crippen LogP contribution in [0.5, 0.6) is 0 Å². The second kappa shape index (κ2) is 3.61.